The minimum absolute atomic E-state index is 0.0189. The van der Waals surface area contributed by atoms with Crippen LogP contribution in [0.1, 0.15) is 54.9 Å². The van der Waals surface area contributed by atoms with Gasteiger partial charge in [-0.15, -0.1) is 0 Å². The molecular formula is C13H27NO. The van der Waals surface area contributed by atoms with Crippen molar-refractivity contribution in [3.8, 4) is 0 Å². The highest BCUT2D eigenvalue weighted by Gasteiger charge is 2.28. The van der Waals surface area contributed by atoms with Gasteiger partial charge in [-0.1, -0.05) is 27.7 Å². The number of nitrogens with zero attached hydrogens (tertiary/aromatic N) is 1. The van der Waals surface area contributed by atoms with E-state index in [1.165, 1.54) is 0 Å². The molecule has 0 aliphatic heterocycles. The molecule has 1 atom stereocenters. The fourth-order valence-corrected chi connectivity index (χ4v) is 1.49. The van der Waals surface area contributed by atoms with Gasteiger partial charge in [-0.05, 0) is 32.1 Å². The lowest BCUT2D eigenvalue weighted by molar-refractivity contribution is -0.135. The van der Waals surface area contributed by atoms with E-state index in [-0.39, 0.29) is 11.4 Å². The summed E-state index contributed by atoms with van der Waals surface area (Å²) in [6.07, 6.45) is 0.997. The van der Waals surface area contributed by atoms with Crippen LogP contribution < -0.4 is 0 Å². The molecule has 1 amide bonds. The Hall–Kier alpha value is -0.530. The van der Waals surface area contributed by atoms with Crippen molar-refractivity contribution >= 4 is 5.91 Å². The van der Waals surface area contributed by atoms with Crippen LogP contribution in [0, 0.1) is 11.8 Å². The molecular weight excluding hydrogens is 186 g/mol. The molecule has 0 radical (unpaired) electrons. The van der Waals surface area contributed by atoms with Gasteiger partial charge in [0.15, 0.2) is 0 Å². The van der Waals surface area contributed by atoms with E-state index < -0.39 is 0 Å². The van der Waals surface area contributed by atoms with Crippen LogP contribution in [-0.4, -0.2) is 22.9 Å². The monoisotopic (exact) mass is 213 g/mol. The summed E-state index contributed by atoms with van der Waals surface area (Å²) in [7, 11) is 0. The third kappa shape index (κ3) is 4.23. The van der Waals surface area contributed by atoms with Gasteiger partial charge in [-0.3, -0.25) is 4.79 Å². The first-order valence-electron chi connectivity index (χ1n) is 6.00. The molecule has 0 heterocycles. The van der Waals surface area contributed by atoms with E-state index in [1.54, 1.807) is 6.92 Å². The minimum atomic E-state index is -0.0189. The van der Waals surface area contributed by atoms with Crippen LogP contribution >= 0.6 is 0 Å². The van der Waals surface area contributed by atoms with Crippen LogP contribution in [0.3, 0.4) is 0 Å². The Morgan fingerprint density at radius 3 is 2.00 bits per heavy atom. The number of hydrogen-bond acceptors (Lipinski definition) is 1. The molecule has 0 aromatic rings. The molecule has 1 unspecified atom stereocenters. The average molecular weight is 213 g/mol. The highest BCUT2D eigenvalue weighted by Crippen LogP contribution is 2.22. The second-order valence-corrected chi connectivity index (χ2v) is 5.52. The number of amides is 1. The van der Waals surface area contributed by atoms with Crippen molar-refractivity contribution < 1.29 is 4.79 Å². The lowest BCUT2D eigenvalue weighted by Gasteiger charge is -2.39. The number of rotatable bonds is 5. The molecule has 0 fully saturated rings. The molecule has 15 heavy (non-hydrogen) atoms. The van der Waals surface area contributed by atoms with Gasteiger partial charge in [0.05, 0.1) is 0 Å². The highest BCUT2D eigenvalue weighted by molar-refractivity contribution is 5.74. The first-order chi connectivity index (χ1) is 6.72. The molecule has 0 rings (SSSR count). The Labute approximate surface area is 95.0 Å². The molecule has 0 bridgehead atoms. The number of carbonyl (C=O) groups excluding carboxylic acids is 1. The molecule has 0 spiro atoms. The minimum Gasteiger partial charge on any atom is -0.338 e. The summed E-state index contributed by atoms with van der Waals surface area (Å²) in [6, 6.07) is 0. The van der Waals surface area contributed by atoms with E-state index in [1.807, 2.05) is 4.90 Å². The zero-order valence-corrected chi connectivity index (χ0v) is 11.4. The lowest BCUT2D eigenvalue weighted by atomic mass is 9.93. The SMILES string of the molecule is CCC(C)(C)N(CC(C)C(C)C)C(C)=O. The summed E-state index contributed by atoms with van der Waals surface area (Å²) in [5.41, 5.74) is -0.0189. The maximum Gasteiger partial charge on any atom is 0.219 e. The van der Waals surface area contributed by atoms with Crippen molar-refractivity contribution in [2.45, 2.75) is 60.4 Å². The van der Waals surface area contributed by atoms with Crippen LogP contribution in [0.5, 0.6) is 0 Å². The quantitative estimate of drug-likeness (QED) is 0.686. The van der Waals surface area contributed by atoms with Gasteiger partial charge < -0.3 is 4.90 Å². The predicted molar refractivity (Wildman–Crippen MR) is 65.8 cm³/mol. The second-order valence-electron chi connectivity index (χ2n) is 5.52. The van der Waals surface area contributed by atoms with Crippen molar-refractivity contribution in [2.75, 3.05) is 6.54 Å². The first kappa shape index (κ1) is 14.5. The fourth-order valence-electron chi connectivity index (χ4n) is 1.49. The van der Waals surface area contributed by atoms with Gasteiger partial charge >= 0.3 is 0 Å². The van der Waals surface area contributed by atoms with Crippen molar-refractivity contribution in [1.29, 1.82) is 0 Å². The summed E-state index contributed by atoms with van der Waals surface area (Å²) >= 11 is 0. The number of carbonyl (C=O) groups is 1. The maximum absolute atomic E-state index is 11.6. The maximum atomic E-state index is 11.6. The van der Waals surface area contributed by atoms with Gasteiger partial charge in [-0.25, -0.2) is 0 Å². The van der Waals surface area contributed by atoms with Gasteiger partial charge in [0.1, 0.15) is 0 Å². The van der Waals surface area contributed by atoms with E-state index >= 15 is 0 Å². The normalized spacial score (nSPS) is 14.1. The van der Waals surface area contributed by atoms with Crippen molar-refractivity contribution in [2.24, 2.45) is 11.8 Å². The molecule has 90 valence electrons. The molecule has 0 aliphatic rings. The van der Waals surface area contributed by atoms with Crippen LogP contribution in [0.2, 0.25) is 0 Å². The summed E-state index contributed by atoms with van der Waals surface area (Å²) in [6.45, 7) is 15.6. The molecule has 0 aromatic carbocycles. The van der Waals surface area contributed by atoms with E-state index in [2.05, 4.69) is 41.5 Å². The first-order valence-corrected chi connectivity index (χ1v) is 6.00. The Bertz CT molecular complexity index is 209. The molecule has 2 heteroatoms. The van der Waals surface area contributed by atoms with Gasteiger partial charge in [0.25, 0.3) is 0 Å². The Balaban J connectivity index is 4.63. The summed E-state index contributed by atoms with van der Waals surface area (Å²) in [5, 5.41) is 0. The van der Waals surface area contributed by atoms with Crippen molar-refractivity contribution in [3.63, 3.8) is 0 Å². The largest absolute Gasteiger partial charge is 0.338 e. The molecule has 0 N–H and O–H groups in total. The van der Waals surface area contributed by atoms with Crippen molar-refractivity contribution in [1.82, 2.24) is 4.90 Å². The Morgan fingerprint density at radius 1 is 1.27 bits per heavy atom. The second kappa shape index (κ2) is 5.53. The van der Waals surface area contributed by atoms with Crippen LogP contribution in [0.4, 0.5) is 0 Å². The van der Waals surface area contributed by atoms with Gasteiger partial charge in [0, 0.05) is 19.0 Å². The fraction of sp³-hybridized carbons (Fsp3) is 0.923. The van der Waals surface area contributed by atoms with E-state index in [4.69, 9.17) is 0 Å². The highest BCUT2D eigenvalue weighted by atomic mass is 16.2. The van der Waals surface area contributed by atoms with Crippen LogP contribution in [-0.2, 0) is 4.79 Å². The van der Waals surface area contributed by atoms with Crippen LogP contribution in [0.25, 0.3) is 0 Å². The average Bonchev–Trinajstić information content (AvgIpc) is 2.12. The summed E-state index contributed by atoms with van der Waals surface area (Å²) in [4.78, 5) is 13.6. The Kier molecular flexibility index (Phi) is 5.33. The third-order valence-corrected chi connectivity index (χ3v) is 3.58. The topological polar surface area (TPSA) is 20.3 Å². The van der Waals surface area contributed by atoms with Crippen molar-refractivity contribution in [3.05, 3.63) is 0 Å². The lowest BCUT2D eigenvalue weighted by Crippen LogP contribution is -2.48. The third-order valence-electron chi connectivity index (χ3n) is 3.58. The van der Waals surface area contributed by atoms with E-state index in [0.717, 1.165) is 13.0 Å². The molecule has 0 saturated carbocycles. The molecule has 2 nitrogen and oxygen atoms in total. The Morgan fingerprint density at radius 2 is 1.73 bits per heavy atom. The van der Waals surface area contributed by atoms with E-state index in [0.29, 0.717) is 11.8 Å². The zero-order valence-electron chi connectivity index (χ0n) is 11.4. The predicted octanol–water partition coefficient (Wildman–Crippen LogP) is 3.32. The van der Waals surface area contributed by atoms with E-state index in [9.17, 15) is 4.79 Å². The molecule has 0 aliphatic carbocycles. The summed E-state index contributed by atoms with van der Waals surface area (Å²) < 4.78 is 0. The molecule has 0 saturated heterocycles. The van der Waals surface area contributed by atoms with Gasteiger partial charge in [-0.2, -0.15) is 0 Å². The standard InChI is InChI=1S/C13H27NO/c1-8-13(6,7)14(12(5)15)9-11(4)10(2)3/h10-11H,8-9H2,1-7H3. The smallest absolute Gasteiger partial charge is 0.219 e. The number of hydrogen-bond donors (Lipinski definition) is 0. The molecule has 0 aromatic heterocycles. The summed E-state index contributed by atoms with van der Waals surface area (Å²) in [5.74, 6) is 1.37. The van der Waals surface area contributed by atoms with Crippen LogP contribution in [0.15, 0.2) is 0 Å². The van der Waals surface area contributed by atoms with Gasteiger partial charge in [0.2, 0.25) is 5.91 Å². The zero-order chi connectivity index (χ0) is 12.2.